The molecule has 1 fully saturated rings. The third-order valence-electron chi connectivity index (χ3n) is 3.45. The van der Waals surface area contributed by atoms with Gasteiger partial charge in [0, 0.05) is 18.3 Å². The van der Waals surface area contributed by atoms with E-state index in [2.05, 4.69) is 5.32 Å². The second-order valence-corrected chi connectivity index (χ2v) is 5.24. The van der Waals surface area contributed by atoms with Crippen molar-refractivity contribution in [3.05, 3.63) is 41.5 Å². The van der Waals surface area contributed by atoms with Crippen molar-refractivity contribution in [3.63, 3.8) is 0 Å². The molecule has 0 unspecified atom stereocenters. The van der Waals surface area contributed by atoms with Gasteiger partial charge in [-0.05, 0) is 24.5 Å². The first-order valence-electron chi connectivity index (χ1n) is 7.37. The molecule has 1 aromatic carbocycles. The van der Waals surface area contributed by atoms with Crippen LogP contribution in [0.1, 0.15) is 18.4 Å². The van der Waals surface area contributed by atoms with E-state index in [9.17, 15) is 22.8 Å². The average Bonchev–Trinajstić information content (AvgIpc) is 2.54. The number of nitrogens with one attached hydrogen (secondary N) is 2. The molecule has 0 bridgehead atoms. The molecule has 24 heavy (non-hydrogen) atoms. The van der Waals surface area contributed by atoms with E-state index in [1.165, 1.54) is 24.3 Å². The first-order valence-corrected chi connectivity index (χ1v) is 7.37. The van der Waals surface area contributed by atoms with Gasteiger partial charge in [-0.1, -0.05) is 23.8 Å². The Morgan fingerprint density at radius 1 is 1.17 bits per heavy atom. The van der Waals surface area contributed by atoms with Crippen LogP contribution in [-0.2, 0) is 20.9 Å². The minimum atomic E-state index is -4.97. The lowest BCUT2D eigenvalue weighted by Gasteiger charge is -2.15. The molecule has 0 radical (unpaired) electrons. The Morgan fingerprint density at radius 2 is 1.83 bits per heavy atom. The fraction of sp³-hybridized carbons (Fsp3) is 0.375. The van der Waals surface area contributed by atoms with Gasteiger partial charge in [-0.3, -0.25) is 9.59 Å². The van der Waals surface area contributed by atoms with E-state index in [0.29, 0.717) is 31.6 Å². The number of rotatable bonds is 4. The number of anilines is 1. The third-order valence-corrected chi connectivity index (χ3v) is 3.45. The minimum Gasteiger partial charge on any atom is -0.381 e. The van der Waals surface area contributed by atoms with Gasteiger partial charge in [0.1, 0.15) is 0 Å². The van der Waals surface area contributed by atoms with Crippen molar-refractivity contribution in [1.82, 2.24) is 5.32 Å². The second kappa shape index (κ2) is 7.96. The molecule has 1 heterocycles. The van der Waals surface area contributed by atoms with Gasteiger partial charge in [-0.25, -0.2) is 0 Å². The summed E-state index contributed by atoms with van der Waals surface area (Å²) in [5.41, 5.74) is 1.37. The summed E-state index contributed by atoms with van der Waals surface area (Å²) in [6, 6.07) is 6.00. The van der Waals surface area contributed by atoms with Gasteiger partial charge < -0.3 is 15.4 Å². The molecule has 0 atom stereocenters. The summed E-state index contributed by atoms with van der Waals surface area (Å²) < 4.78 is 42.2. The fourth-order valence-electron chi connectivity index (χ4n) is 2.19. The van der Waals surface area contributed by atoms with E-state index in [1.807, 2.05) is 5.32 Å². The molecule has 0 aromatic heterocycles. The minimum absolute atomic E-state index is 0.00736. The maximum absolute atomic E-state index is 12.3. The van der Waals surface area contributed by atoms with Crippen molar-refractivity contribution >= 4 is 17.5 Å². The van der Waals surface area contributed by atoms with Crippen molar-refractivity contribution in [2.45, 2.75) is 25.6 Å². The zero-order valence-electron chi connectivity index (χ0n) is 12.8. The van der Waals surface area contributed by atoms with Crippen LogP contribution in [0.15, 0.2) is 35.9 Å². The van der Waals surface area contributed by atoms with Gasteiger partial charge in [0.25, 0.3) is 0 Å². The Labute approximate surface area is 136 Å². The molecule has 2 N–H and O–H groups in total. The molecular formula is C16H17F3N2O3. The van der Waals surface area contributed by atoms with Gasteiger partial charge in [0.05, 0.1) is 13.2 Å². The Kier molecular flexibility index (Phi) is 5.97. The molecule has 0 aliphatic carbocycles. The van der Waals surface area contributed by atoms with Gasteiger partial charge >= 0.3 is 12.1 Å². The third kappa shape index (κ3) is 5.38. The maximum Gasteiger partial charge on any atom is 0.471 e. The lowest BCUT2D eigenvalue weighted by atomic mass is 10.1. The lowest BCUT2D eigenvalue weighted by molar-refractivity contribution is -0.167. The smallest absolute Gasteiger partial charge is 0.381 e. The number of ether oxygens (including phenoxy) is 1. The van der Waals surface area contributed by atoms with Crippen LogP contribution in [-0.4, -0.2) is 31.2 Å². The SMILES string of the molecule is O=C(C=C1CCOCC1)NCc1ccccc1NC(=O)C(F)(F)F. The Balaban J connectivity index is 1.97. The Hall–Kier alpha value is -2.35. The van der Waals surface area contributed by atoms with E-state index < -0.39 is 12.1 Å². The van der Waals surface area contributed by atoms with Crippen LogP contribution in [0.5, 0.6) is 0 Å². The molecule has 8 heteroatoms. The molecule has 130 valence electrons. The number of carbonyl (C=O) groups excluding carboxylic acids is 2. The van der Waals surface area contributed by atoms with Crippen LogP contribution in [0.3, 0.4) is 0 Å². The molecular weight excluding hydrogens is 325 g/mol. The number of amides is 2. The number of hydrogen-bond donors (Lipinski definition) is 2. The summed E-state index contributed by atoms with van der Waals surface area (Å²) in [5, 5.41) is 4.42. The average molecular weight is 342 g/mol. The van der Waals surface area contributed by atoms with Gasteiger partial charge in [0.2, 0.25) is 5.91 Å². The number of para-hydroxylation sites is 1. The van der Waals surface area contributed by atoms with Crippen LogP contribution < -0.4 is 10.6 Å². The summed E-state index contributed by atoms with van der Waals surface area (Å²) in [5.74, 6) is -2.38. The second-order valence-electron chi connectivity index (χ2n) is 5.24. The number of halogens is 3. The van der Waals surface area contributed by atoms with Crippen LogP contribution in [0.4, 0.5) is 18.9 Å². The van der Waals surface area contributed by atoms with E-state index in [0.717, 1.165) is 5.57 Å². The van der Waals surface area contributed by atoms with Gasteiger partial charge in [0.15, 0.2) is 0 Å². The first-order chi connectivity index (χ1) is 11.4. The van der Waals surface area contributed by atoms with Crippen molar-refractivity contribution in [3.8, 4) is 0 Å². The summed E-state index contributed by atoms with van der Waals surface area (Å²) >= 11 is 0. The van der Waals surface area contributed by atoms with Gasteiger partial charge in [-0.2, -0.15) is 13.2 Å². The highest BCUT2D eigenvalue weighted by molar-refractivity contribution is 5.95. The molecule has 2 amide bonds. The van der Waals surface area contributed by atoms with Crippen LogP contribution >= 0.6 is 0 Å². The van der Waals surface area contributed by atoms with E-state index in [4.69, 9.17) is 4.74 Å². The van der Waals surface area contributed by atoms with Crippen molar-refractivity contribution in [2.75, 3.05) is 18.5 Å². The summed E-state index contributed by atoms with van der Waals surface area (Å²) in [4.78, 5) is 22.9. The zero-order valence-corrected chi connectivity index (χ0v) is 12.8. The number of alkyl halides is 3. The molecule has 1 saturated heterocycles. The monoisotopic (exact) mass is 342 g/mol. The molecule has 1 aliphatic heterocycles. The predicted octanol–water partition coefficient (Wildman–Crippen LogP) is 2.54. The largest absolute Gasteiger partial charge is 0.471 e. The normalized spacial score (nSPS) is 14.9. The molecule has 0 saturated carbocycles. The maximum atomic E-state index is 12.3. The molecule has 0 spiro atoms. The number of benzene rings is 1. The highest BCUT2D eigenvalue weighted by Gasteiger charge is 2.38. The molecule has 2 rings (SSSR count). The molecule has 1 aliphatic rings. The summed E-state index contributed by atoms with van der Waals surface area (Å²) in [6.45, 7) is 1.16. The van der Waals surface area contributed by atoms with E-state index >= 15 is 0 Å². The first kappa shape index (κ1) is 18.0. The number of hydrogen-bond acceptors (Lipinski definition) is 3. The quantitative estimate of drug-likeness (QED) is 0.827. The van der Waals surface area contributed by atoms with E-state index in [-0.39, 0.29) is 18.1 Å². The summed E-state index contributed by atoms with van der Waals surface area (Å²) in [6.07, 6.45) is -2.11. The fourth-order valence-corrected chi connectivity index (χ4v) is 2.19. The van der Waals surface area contributed by atoms with Gasteiger partial charge in [-0.15, -0.1) is 0 Å². The highest BCUT2D eigenvalue weighted by atomic mass is 19.4. The van der Waals surface area contributed by atoms with E-state index in [1.54, 1.807) is 6.07 Å². The topological polar surface area (TPSA) is 67.4 Å². The zero-order chi connectivity index (χ0) is 17.6. The van der Waals surface area contributed by atoms with Crippen LogP contribution in [0.2, 0.25) is 0 Å². The summed E-state index contributed by atoms with van der Waals surface area (Å²) in [7, 11) is 0. The predicted molar refractivity (Wildman–Crippen MR) is 81.1 cm³/mol. The van der Waals surface area contributed by atoms with Crippen LogP contribution in [0.25, 0.3) is 0 Å². The van der Waals surface area contributed by atoms with Crippen molar-refractivity contribution in [1.29, 1.82) is 0 Å². The standard InChI is InChI=1S/C16H17F3N2O3/c17-16(18,19)15(23)21-13-4-2-1-3-12(13)10-20-14(22)9-11-5-7-24-8-6-11/h1-4,9H,5-8,10H2,(H,20,22)(H,21,23). The Bertz CT molecular complexity index is 634. The highest BCUT2D eigenvalue weighted by Crippen LogP contribution is 2.21. The van der Waals surface area contributed by atoms with Crippen molar-refractivity contribution < 1.29 is 27.5 Å². The van der Waals surface area contributed by atoms with Crippen LogP contribution in [0, 0.1) is 0 Å². The number of carbonyl (C=O) groups is 2. The molecule has 1 aromatic rings. The molecule has 5 nitrogen and oxygen atoms in total. The Morgan fingerprint density at radius 3 is 2.50 bits per heavy atom. The van der Waals surface area contributed by atoms with Crippen molar-refractivity contribution in [2.24, 2.45) is 0 Å². The lowest BCUT2D eigenvalue weighted by Crippen LogP contribution is -2.31.